The topological polar surface area (TPSA) is 94.5 Å². The second-order valence-corrected chi connectivity index (χ2v) is 10.9. The number of terminal acetylenes is 1. The zero-order valence-electron chi connectivity index (χ0n) is 22.8. The number of hydrogen-bond acceptors (Lipinski definition) is 4. The van der Waals surface area contributed by atoms with Gasteiger partial charge in [0.05, 0.1) is 18.5 Å². The van der Waals surface area contributed by atoms with Crippen LogP contribution in [-0.2, 0) is 4.79 Å². The quantitative estimate of drug-likeness (QED) is 0.406. The van der Waals surface area contributed by atoms with Crippen molar-refractivity contribution in [1.82, 2.24) is 15.5 Å². The van der Waals surface area contributed by atoms with E-state index >= 15 is 0 Å². The highest BCUT2D eigenvalue weighted by atomic mass is 16.5. The summed E-state index contributed by atoms with van der Waals surface area (Å²) in [6.45, 7) is 8.09. The number of hydrogen-bond donors (Lipinski definition) is 3. The first-order valence-corrected chi connectivity index (χ1v) is 13.4. The molecule has 0 bridgehead atoms. The van der Waals surface area contributed by atoms with Gasteiger partial charge in [0.25, 0.3) is 5.91 Å². The molecule has 2 heterocycles. The maximum atomic E-state index is 13.5. The second kappa shape index (κ2) is 10.9. The number of carbonyl (C=O) groups excluding carboxylic acids is 2. The molecule has 1 saturated heterocycles. The maximum Gasteiger partial charge on any atom is 0.251 e. The summed E-state index contributed by atoms with van der Waals surface area (Å²) in [5.41, 5.74) is 1.41. The molecule has 2 atom stereocenters. The molecule has 0 aliphatic carbocycles. The van der Waals surface area contributed by atoms with Crippen LogP contribution < -0.4 is 15.4 Å². The van der Waals surface area contributed by atoms with Crippen molar-refractivity contribution >= 4 is 17.8 Å². The summed E-state index contributed by atoms with van der Waals surface area (Å²) < 4.78 is 6.11. The molecule has 200 valence electrons. The summed E-state index contributed by atoms with van der Waals surface area (Å²) in [6, 6.07) is 14.4. The molecule has 38 heavy (non-hydrogen) atoms. The van der Waals surface area contributed by atoms with Crippen molar-refractivity contribution < 1.29 is 14.3 Å². The predicted molar refractivity (Wildman–Crippen MR) is 149 cm³/mol. The van der Waals surface area contributed by atoms with Gasteiger partial charge in [0.2, 0.25) is 5.91 Å². The van der Waals surface area contributed by atoms with E-state index in [4.69, 9.17) is 16.6 Å². The molecule has 0 aromatic heterocycles. The third-order valence-electron chi connectivity index (χ3n) is 7.83. The van der Waals surface area contributed by atoms with Crippen LogP contribution in [-0.4, -0.2) is 33.8 Å². The van der Waals surface area contributed by atoms with Crippen molar-refractivity contribution in [3.63, 3.8) is 0 Å². The van der Waals surface area contributed by atoms with Gasteiger partial charge in [0.15, 0.2) is 5.96 Å². The highest BCUT2D eigenvalue weighted by molar-refractivity contribution is 6.00. The SMILES string of the molecule is C#CCCC(c1cccc(C(=O)N[C@H]2CC(C)(C)Oc3ccccc32)c1)N1C(=N)NC(CC)(CC)CC1=O. The molecule has 4 rings (SSSR count). The van der Waals surface area contributed by atoms with Crippen molar-refractivity contribution in [3.05, 3.63) is 65.2 Å². The van der Waals surface area contributed by atoms with E-state index in [1.807, 2.05) is 70.2 Å². The minimum atomic E-state index is -0.444. The minimum absolute atomic E-state index is 0.0860. The minimum Gasteiger partial charge on any atom is -0.487 e. The number of ether oxygens (including phenoxy) is 1. The van der Waals surface area contributed by atoms with Crippen LogP contribution in [0.4, 0.5) is 0 Å². The molecular formula is C31H38N4O3. The molecule has 2 aromatic carbocycles. The van der Waals surface area contributed by atoms with Crippen molar-refractivity contribution in [3.8, 4) is 18.1 Å². The van der Waals surface area contributed by atoms with Gasteiger partial charge < -0.3 is 15.4 Å². The van der Waals surface area contributed by atoms with Gasteiger partial charge >= 0.3 is 0 Å². The Morgan fingerprint density at radius 1 is 1.24 bits per heavy atom. The van der Waals surface area contributed by atoms with Gasteiger partial charge in [-0.15, -0.1) is 12.3 Å². The summed E-state index contributed by atoms with van der Waals surface area (Å²) in [6.07, 6.45) is 8.98. The Bertz CT molecular complexity index is 1240. The Kier molecular flexibility index (Phi) is 7.82. The van der Waals surface area contributed by atoms with Crippen molar-refractivity contribution in [2.24, 2.45) is 0 Å². The van der Waals surface area contributed by atoms with Crippen LogP contribution in [0.5, 0.6) is 5.75 Å². The van der Waals surface area contributed by atoms with E-state index in [1.54, 1.807) is 6.07 Å². The molecule has 2 aliphatic heterocycles. The first-order valence-electron chi connectivity index (χ1n) is 13.4. The van der Waals surface area contributed by atoms with E-state index in [1.165, 1.54) is 4.90 Å². The molecule has 7 heteroatoms. The van der Waals surface area contributed by atoms with E-state index in [2.05, 4.69) is 16.6 Å². The smallest absolute Gasteiger partial charge is 0.251 e. The van der Waals surface area contributed by atoms with E-state index in [9.17, 15) is 9.59 Å². The zero-order valence-corrected chi connectivity index (χ0v) is 22.8. The Balaban J connectivity index is 1.60. The van der Waals surface area contributed by atoms with Crippen LogP contribution in [0, 0.1) is 17.8 Å². The van der Waals surface area contributed by atoms with Gasteiger partial charge in [-0.1, -0.05) is 44.2 Å². The molecule has 3 N–H and O–H groups in total. The number of fused-ring (bicyclic) bond motifs is 1. The fourth-order valence-corrected chi connectivity index (χ4v) is 5.59. The van der Waals surface area contributed by atoms with Crippen LogP contribution in [0.15, 0.2) is 48.5 Å². The van der Waals surface area contributed by atoms with Gasteiger partial charge in [-0.25, -0.2) is 0 Å². The zero-order chi connectivity index (χ0) is 27.5. The molecule has 0 radical (unpaired) electrons. The Hall–Kier alpha value is -3.79. The van der Waals surface area contributed by atoms with Crippen LogP contribution in [0.25, 0.3) is 0 Å². The summed E-state index contributed by atoms with van der Waals surface area (Å²) in [5, 5.41) is 15.2. The number of nitrogens with zero attached hydrogens (tertiary/aromatic N) is 1. The highest BCUT2D eigenvalue weighted by Gasteiger charge is 2.42. The van der Waals surface area contributed by atoms with Crippen LogP contribution in [0.3, 0.4) is 0 Å². The number of nitrogens with one attached hydrogen (secondary N) is 3. The van der Waals surface area contributed by atoms with Gasteiger partial charge in [0.1, 0.15) is 11.4 Å². The van der Waals surface area contributed by atoms with E-state index in [0.29, 0.717) is 31.2 Å². The third-order valence-corrected chi connectivity index (χ3v) is 7.83. The van der Waals surface area contributed by atoms with Gasteiger partial charge in [0, 0.05) is 29.5 Å². The van der Waals surface area contributed by atoms with Crippen molar-refractivity contribution in [1.29, 1.82) is 5.41 Å². The highest BCUT2D eigenvalue weighted by Crippen LogP contribution is 2.39. The average Bonchev–Trinajstić information content (AvgIpc) is 2.89. The lowest BCUT2D eigenvalue weighted by atomic mass is 9.85. The normalized spacial score (nSPS) is 20.4. The predicted octanol–water partition coefficient (Wildman–Crippen LogP) is 5.49. The number of carbonyl (C=O) groups is 2. The number of rotatable bonds is 8. The van der Waals surface area contributed by atoms with Crippen LogP contribution >= 0.6 is 0 Å². The Morgan fingerprint density at radius 3 is 2.66 bits per heavy atom. The lowest BCUT2D eigenvalue weighted by Crippen LogP contribution is -2.62. The molecule has 1 unspecified atom stereocenters. The monoisotopic (exact) mass is 514 g/mol. The molecular weight excluding hydrogens is 476 g/mol. The van der Waals surface area contributed by atoms with Gasteiger partial charge in [-0.3, -0.25) is 19.9 Å². The molecule has 0 spiro atoms. The summed E-state index contributed by atoms with van der Waals surface area (Å²) in [4.78, 5) is 28.4. The summed E-state index contributed by atoms with van der Waals surface area (Å²) in [7, 11) is 0. The molecule has 2 aliphatic rings. The van der Waals surface area contributed by atoms with E-state index < -0.39 is 17.2 Å². The first kappa shape index (κ1) is 27.3. The van der Waals surface area contributed by atoms with E-state index in [-0.39, 0.29) is 23.8 Å². The fraction of sp³-hybridized carbons (Fsp3) is 0.452. The molecule has 7 nitrogen and oxygen atoms in total. The second-order valence-electron chi connectivity index (χ2n) is 10.9. The standard InChI is InChI=1S/C31H38N4O3/c1-6-9-16-25(35-27(36)20-31(7-2,8-3)34-29(35)32)21-13-12-14-22(18-21)28(37)33-24-19-30(4,5)38-26-17-11-10-15-23(24)26/h1,10-15,17-18,24-25H,7-9,16,19-20H2,2-5H3,(H2,32,34)(H,33,37)/t24-,25?/m0/s1. The molecule has 2 amide bonds. The van der Waals surface area contributed by atoms with Crippen molar-refractivity contribution in [2.75, 3.05) is 0 Å². The summed E-state index contributed by atoms with van der Waals surface area (Å²) >= 11 is 0. The number of benzene rings is 2. The van der Waals surface area contributed by atoms with Crippen LogP contribution in [0.2, 0.25) is 0 Å². The van der Waals surface area contributed by atoms with Gasteiger partial charge in [-0.2, -0.15) is 0 Å². The van der Waals surface area contributed by atoms with E-state index in [0.717, 1.165) is 29.7 Å². The number of guanidine groups is 1. The Morgan fingerprint density at radius 2 is 1.97 bits per heavy atom. The lowest BCUT2D eigenvalue weighted by Gasteiger charge is -2.45. The number of amides is 2. The first-order chi connectivity index (χ1) is 18.1. The third kappa shape index (κ3) is 5.55. The molecule has 0 saturated carbocycles. The fourth-order valence-electron chi connectivity index (χ4n) is 5.59. The number of para-hydroxylation sites is 1. The Labute approximate surface area is 225 Å². The lowest BCUT2D eigenvalue weighted by molar-refractivity contribution is -0.132. The largest absolute Gasteiger partial charge is 0.487 e. The molecule has 2 aromatic rings. The summed E-state index contributed by atoms with van der Waals surface area (Å²) in [5.74, 6) is 3.23. The molecule has 1 fully saturated rings. The average molecular weight is 515 g/mol. The van der Waals surface area contributed by atoms with Gasteiger partial charge in [-0.05, 0) is 56.9 Å². The maximum absolute atomic E-state index is 13.5. The van der Waals surface area contributed by atoms with Crippen LogP contribution in [0.1, 0.15) is 99.8 Å². The van der Waals surface area contributed by atoms with Crippen molar-refractivity contribution in [2.45, 2.75) is 89.4 Å².